The van der Waals surface area contributed by atoms with Gasteiger partial charge in [0.1, 0.15) is 0 Å². The van der Waals surface area contributed by atoms with Gasteiger partial charge in [-0.05, 0) is 23.8 Å². The van der Waals surface area contributed by atoms with E-state index in [2.05, 4.69) is 10.2 Å². The van der Waals surface area contributed by atoms with Gasteiger partial charge in [0.05, 0.1) is 28.9 Å². The van der Waals surface area contributed by atoms with Gasteiger partial charge < -0.3 is 10.5 Å². The number of benzene rings is 1. The smallest absolute Gasteiger partial charge is 0.233 e. The predicted octanol–water partition coefficient (Wildman–Crippen LogP) is 2.84. The third-order valence-electron chi connectivity index (χ3n) is 2.49. The third-order valence-corrected chi connectivity index (χ3v) is 3.23. The van der Waals surface area contributed by atoms with Gasteiger partial charge in [0.25, 0.3) is 0 Å². The van der Waals surface area contributed by atoms with E-state index in [1.54, 1.807) is 24.3 Å². The van der Waals surface area contributed by atoms with Gasteiger partial charge >= 0.3 is 0 Å². The van der Waals surface area contributed by atoms with Crippen molar-refractivity contribution in [3.8, 4) is 5.88 Å². The Kier molecular flexibility index (Phi) is 4.01. The van der Waals surface area contributed by atoms with Gasteiger partial charge in [0.2, 0.25) is 5.88 Å². The molecule has 2 N–H and O–H groups in total. The lowest BCUT2D eigenvalue weighted by Crippen LogP contribution is -2.14. The number of methoxy groups -OCH3 is 1. The summed E-state index contributed by atoms with van der Waals surface area (Å²) in [5.74, 6) is 0.445. The Morgan fingerprint density at radius 2 is 1.89 bits per heavy atom. The molecule has 0 fully saturated rings. The molecule has 0 aliphatic heterocycles. The fraction of sp³-hybridized carbons (Fsp3) is 0.167. The molecule has 0 aliphatic carbocycles. The number of nitrogens with zero attached hydrogens (tertiary/aromatic N) is 2. The Balaban J connectivity index is 2.28. The highest BCUT2D eigenvalue weighted by Gasteiger charge is 2.12. The molecule has 0 aliphatic rings. The minimum atomic E-state index is -0.404. The monoisotopic (exact) mass is 283 g/mol. The van der Waals surface area contributed by atoms with Crippen LogP contribution in [0, 0.1) is 0 Å². The Hall–Kier alpha value is -1.36. The molecule has 18 heavy (non-hydrogen) atoms. The summed E-state index contributed by atoms with van der Waals surface area (Å²) in [6, 6.07) is 8.30. The molecule has 94 valence electrons. The number of ether oxygens (including phenoxy) is 1. The molecule has 2 aromatic rings. The molecule has 1 aromatic carbocycles. The van der Waals surface area contributed by atoms with Crippen LogP contribution in [0.15, 0.2) is 30.3 Å². The lowest BCUT2D eigenvalue weighted by Gasteiger charge is -2.11. The molecule has 0 saturated carbocycles. The SMILES string of the molecule is COc1ccc(C(N)c2ccc(Cl)c(Cl)c2)nn1. The fourth-order valence-electron chi connectivity index (χ4n) is 1.48. The number of nitrogens with two attached hydrogens (primary N) is 1. The van der Waals surface area contributed by atoms with E-state index in [9.17, 15) is 0 Å². The maximum atomic E-state index is 6.08. The zero-order chi connectivity index (χ0) is 13.1. The van der Waals surface area contributed by atoms with Gasteiger partial charge in [-0.1, -0.05) is 29.3 Å². The van der Waals surface area contributed by atoms with Gasteiger partial charge in [-0.3, -0.25) is 0 Å². The van der Waals surface area contributed by atoms with Crippen LogP contribution in [0.25, 0.3) is 0 Å². The summed E-state index contributed by atoms with van der Waals surface area (Å²) in [4.78, 5) is 0. The number of halogens is 2. The zero-order valence-corrected chi connectivity index (χ0v) is 11.1. The van der Waals surface area contributed by atoms with Crippen molar-refractivity contribution in [2.45, 2.75) is 6.04 Å². The first kappa shape index (κ1) is 13.1. The molecule has 0 amide bonds. The van der Waals surface area contributed by atoms with Crippen molar-refractivity contribution in [2.75, 3.05) is 7.11 Å². The third kappa shape index (κ3) is 2.72. The Morgan fingerprint density at radius 1 is 1.11 bits per heavy atom. The molecule has 0 bridgehead atoms. The van der Waals surface area contributed by atoms with Crippen LogP contribution < -0.4 is 10.5 Å². The molecule has 1 atom stereocenters. The molecule has 1 heterocycles. The van der Waals surface area contributed by atoms with E-state index in [-0.39, 0.29) is 0 Å². The van der Waals surface area contributed by atoms with Gasteiger partial charge in [0, 0.05) is 6.07 Å². The van der Waals surface area contributed by atoms with Crippen LogP contribution in [0.4, 0.5) is 0 Å². The highest BCUT2D eigenvalue weighted by molar-refractivity contribution is 6.42. The molecule has 2 rings (SSSR count). The molecule has 1 aromatic heterocycles. The molecule has 0 radical (unpaired) electrons. The van der Waals surface area contributed by atoms with Crippen molar-refractivity contribution >= 4 is 23.2 Å². The van der Waals surface area contributed by atoms with Crippen LogP contribution in [0.5, 0.6) is 5.88 Å². The van der Waals surface area contributed by atoms with Crippen molar-refractivity contribution in [1.29, 1.82) is 0 Å². The van der Waals surface area contributed by atoms with E-state index < -0.39 is 6.04 Å². The van der Waals surface area contributed by atoms with E-state index in [1.807, 2.05) is 6.07 Å². The molecule has 0 saturated heterocycles. The number of aromatic nitrogens is 2. The van der Waals surface area contributed by atoms with Gasteiger partial charge in [-0.15, -0.1) is 10.2 Å². The molecular formula is C12H11Cl2N3O. The Morgan fingerprint density at radius 3 is 2.44 bits per heavy atom. The van der Waals surface area contributed by atoms with Gasteiger partial charge in [-0.25, -0.2) is 0 Å². The van der Waals surface area contributed by atoms with Crippen molar-refractivity contribution in [3.63, 3.8) is 0 Å². The predicted molar refractivity (Wildman–Crippen MR) is 71.1 cm³/mol. The lowest BCUT2D eigenvalue weighted by atomic mass is 10.0. The average molecular weight is 284 g/mol. The van der Waals surface area contributed by atoms with Crippen molar-refractivity contribution < 1.29 is 4.74 Å². The standard InChI is InChI=1S/C12H11Cl2N3O/c1-18-11-5-4-10(16-17-11)12(15)7-2-3-8(13)9(14)6-7/h2-6,12H,15H2,1H3. The van der Waals surface area contributed by atoms with Crippen molar-refractivity contribution in [3.05, 3.63) is 51.6 Å². The summed E-state index contributed by atoms with van der Waals surface area (Å²) in [6.07, 6.45) is 0. The van der Waals surface area contributed by atoms with Crippen molar-refractivity contribution in [2.24, 2.45) is 5.73 Å². The summed E-state index contributed by atoms with van der Waals surface area (Å²) in [5.41, 5.74) is 7.54. The number of rotatable bonds is 3. The normalized spacial score (nSPS) is 12.2. The fourth-order valence-corrected chi connectivity index (χ4v) is 1.79. The minimum absolute atomic E-state index is 0.404. The second-order valence-corrected chi connectivity index (χ2v) is 4.47. The summed E-state index contributed by atoms with van der Waals surface area (Å²) >= 11 is 11.8. The van der Waals surface area contributed by atoms with E-state index in [1.165, 1.54) is 7.11 Å². The van der Waals surface area contributed by atoms with E-state index in [0.717, 1.165) is 5.56 Å². The first-order chi connectivity index (χ1) is 8.61. The number of hydrogen-bond donors (Lipinski definition) is 1. The van der Waals surface area contributed by atoms with Gasteiger partial charge in [0.15, 0.2) is 0 Å². The van der Waals surface area contributed by atoms with Crippen LogP contribution in [0.2, 0.25) is 10.0 Å². The second-order valence-electron chi connectivity index (χ2n) is 3.65. The first-order valence-electron chi connectivity index (χ1n) is 5.20. The van der Waals surface area contributed by atoms with E-state index in [0.29, 0.717) is 21.6 Å². The maximum absolute atomic E-state index is 6.08. The Labute approximate surface area is 115 Å². The molecule has 1 unspecified atom stereocenters. The zero-order valence-electron chi connectivity index (χ0n) is 9.60. The van der Waals surface area contributed by atoms with Crippen LogP contribution in [-0.4, -0.2) is 17.3 Å². The molecular weight excluding hydrogens is 273 g/mol. The highest BCUT2D eigenvalue weighted by atomic mass is 35.5. The number of hydrogen-bond acceptors (Lipinski definition) is 4. The molecule has 6 heteroatoms. The molecule has 0 spiro atoms. The van der Waals surface area contributed by atoms with Crippen LogP contribution in [0.1, 0.15) is 17.3 Å². The summed E-state index contributed by atoms with van der Waals surface area (Å²) in [5, 5.41) is 8.83. The Bertz CT molecular complexity index is 546. The van der Waals surface area contributed by atoms with E-state index in [4.69, 9.17) is 33.7 Å². The second kappa shape index (κ2) is 5.52. The minimum Gasteiger partial charge on any atom is -0.480 e. The topological polar surface area (TPSA) is 61.0 Å². The molecule has 4 nitrogen and oxygen atoms in total. The first-order valence-corrected chi connectivity index (χ1v) is 5.95. The summed E-state index contributed by atoms with van der Waals surface area (Å²) < 4.78 is 4.94. The van der Waals surface area contributed by atoms with E-state index >= 15 is 0 Å². The lowest BCUT2D eigenvalue weighted by molar-refractivity contribution is 0.390. The summed E-state index contributed by atoms with van der Waals surface area (Å²) in [6.45, 7) is 0. The quantitative estimate of drug-likeness (QED) is 0.941. The largest absolute Gasteiger partial charge is 0.480 e. The van der Waals surface area contributed by atoms with Crippen LogP contribution >= 0.6 is 23.2 Å². The van der Waals surface area contributed by atoms with Crippen LogP contribution in [0.3, 0.4) is 0 Å². The summed E-state index contributed by atoms with van der Waals surface area (Å²) in [7, 11) is 1.53. The van der Waals surface area contributed by atoms with Crippen molar-refractivity contribution in [1.82, 2.24) is 10.2 Å². The average Bonchev–Trinajstić information content (AvgIpc) is 2.41. The van der Waals surface area contributed by atoms with Gasteiger partial charge in [-0.2, -0.15) is 0 Å². The maximum Gasteiger partial charge on any atom is 0.233 e. The van der Waals surface area contributed by atoms with Crippen LogP contribution in [-0.2, 0) is 0 Å². The highest BCUT2D eigenvalue weighted by Crippen LogP contribution is 2.27.